The Balaban J connectivity index is 1.46. The maximum atomic E-state index is 12.0. The molecule has 156 valence electrons. The van der Waals surface area contributed by atoms with E-state index >= 15 is 0 Å². The zero-order valence-electron chi connectivity index (χ0n) is 16.7. The first-order valence-corrected chi connectivity index (χ1v) is 10.8. The van der Waals surface area contributed by atoms with E-state index in [1.807, 2.05) is 50.2 Å². The summed E-state index contributed by atoms with van der Waals surface area (Å²) in [4.78, 5) is 24.0. The van der Waals surface area contributed by atoms with Gasteiger partial charge >= 0.3 is 6.03 Å². The van der Waals surface area contributed by atoms with Crippen LogP contribution < -0.4 is 20.7 Å². The number of anilines is 3. The number of ether oxygens (including phenoxy) is 1. The number of carbonyl (C=O) groups excluding carboxylic acids is 2. The molecule has 2 aromatic carbocycles. The van der Waals surface area contributed by atoms with Crippen LogP contribution >= 0.6 is 23.1 Å². The average Bonchev–Trinajstić information content (AvgIpc) is 3.16. The van der Waals surface area contributed by atoms with Gasteiger partial charge < -0.3 is 15.4 Å². The summed E-state index contributed by atoms with van der Waals surface area (Å²) in [7, 11) is 1.60. The standard InChI is InChI=1S/C20H21N5O3S2/c1-12-7-8-15(9-13(12)2)21-18(27)23-17(26)11-29-20-25-24-19(30-20)22-14-5-4-6-16(10-14)28-3/h4-10H,11H2,1-3H3,(H,22,24)(H2,21,23,26,27). The Kier molecular flexibility index (Phi) is 7.26. The monoisotopic (exact) mass is 443 g/mol. The lowest BCUT2D eigenvalue weighted by Crippen LogP contribution is -2.35. The number of rotatable bonds is 7. The molecule has 0 fully saturated rings. The van der Waals surface area contributed by atoms with Crippen molar-refractivity contribution in [2.45, 2.75) is 18.2 Å². The molecular weight excluding hydrogens is 422 g/mol. The van der Waals surface area contributed by atoms with Gasteiger partial charge in [-0.1, -0.05) is 35.2 Å². The number of carbonyl (C=O) groups is 2. The van der Waals surface area contributed by atoms with Crippen LogP contribution in [0.15, 0.2) is 46.8 Å². The zero-order chi connectivity index (χ0) is 21.5. The van der Waals surface area contributed by atoms with Crippen LogP contribution in [0, 0.1) is 13.8 Å². The van der Waals surface area contributed by atoms with E-state index < -0.39 is 11.9 Å². The van der Waals surface area contributed by atoms with Crippen molar-refractivity contribution in [2.24, 2.45) is 0 Å². The fraction of sp³-hybridized carbons (Fsp3) is 0.200. The van der Waals surface area contributed by atoms with Crippen LogP contribution in [0.1, 0.15) is 11.1 Å². The largest absolute Gasteiger partial charge is 0.497 e. The van der Waals surface area contributed by atoms with Gasteiger partial charge in [-0.2, -0.15) is 0 Å². The number of imide groups is 1. The minimum Gasteiger partial charge on any atom is -0.497 e. The van der Waals surface area contributed by atoms with E-state index in [9.17, 15) is 9.59 Å². The predicted molar refractivity (Wildman–Crippen MR) is 120 cm³/mol. The number of nitrogens with zero attached hydrogens (tertiary/aromatic N) is 2. The third kappa shape index (κ3) is 6.19. The van der Waals surface area contributed by atoms with Crippen molar-refractivity contribution in [3.8, 4) is 5.75 Å². The number of hydrogen-bond acceptors (Lipinski definition) is 8. The molecule has 1 aromatic heterocycles. The number of hydrogen-bond donors (Lipinski definition) is 3. The summed E-state index contributed by atoms with van der Waals surface area (Å²) in [5, 5.41) is 16.8. The minimum atomic E-state index is -0.568. The third-order valence-electron chi connectivity index (χ3n) is 4.07. The first kappa shape index (κ1) is 21.6. The minimum absolute atomic E-state index is 0.0497. The first-order valence-electron chi connectivity index (χ1n) is 8.98. The maximum Gasteiger partial charge on any atom is 0.325 e. The summed E-state index contributed by atoms with van der Waals surface area (Å²) in [5.41, 5.74) is 3.64. The van der Waals surface area contributed by atoms with Crippen molar-refractivity contribution >= 4 is 51.5 Å². The van der Waals surface area contributed by atoms with E-state index in [0.29, 0.717) is 15.2 Å². The number of aromatic nitrogens is 2. The average molecular weight is 444 g/mol. The lowest BCUT2D eigenvalue weighted by molar-refractivity contribution is -0.117. The molecule has 1 heterocycles. The quantitative estimate of drug-likeness (QED) is 0.466. The van der Waals surface area contributed by atoms with Crippen LogP contribution in [-0.2, 0) is 4.79 Å². The van der Waals surface area contributed by atoms with Crippen LogP contribution in [0.5, 0.6) is 5.75 Å². The molecule has 0 spiro atoms. The maximum absolute atomic E-state index is 12.0. The molecule has 0 atom stereocenters. The van der Waals surface area contributed by atoms with E-state index in [-0.39, 0.29) is 5.75 Å². The van der Waals surface area contributed by atoms with Gasteiger partial charge in [0.15, 0.2) is 4.34 Å². The van der Waals surface area contributed by atoms with Gasteiger partial charge in [0.25, 0.3) is 0 Å². The van der Waals surface area contributed by atoms with Crippen molar-refractivity contribution in [3.63, 3.8) is 0 Å². The number of thioether (sulfide) groups is 1. The highest BCUT2D eigenvalue weighted by Crippen LogP contribution is 2.28. The summed E-state index contributed by atoms with van der Waals surface area (Å²) in [6.45, 7) is 3.95. The molecule has 3 aromatic rings. The Hall–Kier alpha value is -3.11. The number of aryl methyl sites for hydroxylation is 2. The summed E-state index contributed by atoms with van der Waals surface area (Å²) >= 11 is 2.52. The SMILES string of the molecule is COc1cccc(Nc2nnc(SCC(=O)NC(=O)Nc3ccc(C)c(C)c3)s2)c1. The molecule has 10 heteroatoms. The number of urea groups is 1. The topological polar surface area (TPSA) is 105 Å². The van der Waals surface area contributed by atoms with Crippen molar-refractivity contribution in [1.82, 2.24) is 15.5 Å². The molecule has 3 rings (SSSR count). The van der Waals surface area contributed by atoms with Crippen LogP contribution in [0.4, 0.5) is 21.3 Å². The van der Waals surface area contributed by atoms with Gasteiger partial charge in [0.05, 0.1) is 12.9 Å². The molecule has 0 radical (unpaired) electrons. The van der Waals surface area contributed by atoms with Gasteiger partial charge in [-0.15, -0.1) is 10.2 Å². The van der Waals surface area contributed by atoms with E-state index in [4.69, 9.17) is 4.74 Å². The van der Waals surface area contributed by atoms with E-state index in [1.54, 1.807) is 13.2 Å². The lowest BCUT2D eigenvalue weighted by atomic mass is 10.1. The Morgan fingerprint density at radius 2 is 1.90 bits per heavy atom. The highest BCUT2D eigenvalue weighted by molar-refractivity contribution is 8.01. The van der Waals surface area contributed by atoms with E-state index in [1.165, 1.54) is 23.1 Å². The third-order valence-corrected chi connectivity index (χ3v) is 6.04. The Labute approximate surface area is 182 Å². The highest BCUT2D eigenvalue weighted by Gasteiger charge is 2.12. The van der Waals surface area contributed by atoms with Crippen LogP contribution in [0.3, 0.4) is 0 Å². The van der Waals surface area contributed by atoms with Gasteiger partial charge in [-0.3, -0.25) is 10.1 Å². The van der Waals surface area contributed by atoms with Crippen molar-refractivity contribution in [1.29, 1.82) is 0 Å². The van der Waals surface area contributed by atoms with Gasteiger partial charge in [0.1, 0.15) is 5.75 Å². The molecule has 0 unspecified atom stereocenters. The summed E-state index contributed by atoms with van der Waals surface area (Å²) in [6.07, 6.45) is 0. The summed E-state index contributed by atoms with van der Waals surface area (Å²) < 4.78 is 5.80. The van der Waals surface area contributed by atoms with Crippen LogP contribution in [0.25, 0.3) is 0 Å². The van der Waals surface area contributed by atoms with Crippen molar-refractivity contribution in [3.05, 3.63) is 53.6 Å². The normalized spacial score (nSPS) is 10.4. The number of benzene rings is 2. The molecule has 0 bridgehead atoms. The molecule has 0 saturated carbocycles. The number of nitrogens with one attached hydrogen (secondary N) is 3. The molecule has 3 amide bonds. The highest BCUT2D eigenvalue weighted by atomic mass is 32.2. The van der Waals surface area contributed by atoms with Gasteiger partial charge in [0, 0.05) is 17.4 Å². The van der Waals surface area contributed by atoms with E-state index in [0.717, 1.165) is 22.6 Å². The number of amides is 3. The smallest absolute Gasteiger partial charge is 0.325 e. The fourth-order valence-electron chi connectivity index (χ4n) is 2.41. The Morgan fingerprint density at radius 1 is 1.07 bits per heavy atom. The van der Waals surface area contributed by atoms with Crippen molar-refractivity contribution < 1.29 is 14.3 Å². The predicted octanol–water partition coefficient (Wildman–Crippen LogP) is 4.35. The second-order valence-electron chi connectivity index (χ2n) is 6.32. The molecule has 8 nitrogen and oxygen atoms in total. The molecule has 3 N–H and O–H groups in total. The van der Waals surface area contributed by atoms with Crippen LogP contribution in [-0.4, -0.2) is 35.0 Å². The van der Waals surface area contributed by atoms with Gasteiger partial charge in [-0.05, 0) is 49.2 Å². The molecular formula is C20H21N5O3S2. The van der Waals surface area contributed by atoms with E-state index in [2.05, 4.69) is 26.1 Å². The van der Waals surface area contributed by atoms with Crippen LogP contribution in [0.2, 0.25) is 0 Å². The number of methoxy groups -OCH3 is 1. The molecule has 0 aliphatic carbocycles. The Morgan fingerprint density at radius 3 is 2.67 bits per heavy atom. The first-order chi connectivity index (χ1) is 14.4. The van der Waals surface area contributed by atoms with Gasteiger partial charge in [0.2, 0.25) is 11.0 Å². The second kappa shape index (κ2) is 10.1. The molecule has 0 saturated heterocycles. The second-order valence-corrected chi connectivity index (χ2v) is 8.52. The van der Waals surface area contributed by atoms with Gasteiger partial charge in [-0.25, -0.2) is 4.79 Å². The molecule has 0 aliphatic heterocycles. The lowest BCUT2D eigenvalue weighted by Gasteiger charge is -2.08. The molecule has 30 heavy (non-hydrogen) atoms. The zero-order valence-corrected chi connectivity index (χ0v) is 18.3. The van der Waals surface area contributed by atoms with Crippen molar-refractivity contribution in [2.75, 3.05) is 23.5 Å². The Bertz CT molecular complexity index is 1050. The molecule has 0 aliphatic rings. The summed E-state index contributed by atoms with van der Waals surface area (Å²) in [6, 6.07) is 12.4. The summed E-state index contributed by atoms with van der Waals surface area (Å²) in [5.74, 6) is 0.363. The fourth-order valence-corrected chi connectivity index (χ4v) is 3.99.